The molecule has 4 aromatic rings. The third-order valence-corrected chi connectivity index (χ3v) is 5.92. The van der Waals surface area contributed by atoms with Crippen molar-refractivity contribution in [2.75, 3.05) is 0 Å². The van der Waals surface area contributed by atoms with Gasteiger partial charge < -0.3 is 0 Å². The Kier molecular flexibility index (Phi) is 3.87. The van der Waals surface area contributed by atoms with Gasteiger partial charge in [0.05, 0.1) is 5.41 Å². The van der Waals surface area contributed by atoms with Crippen LogP contribution in [0, 0.1) is 24.7 Å². The number of terminal acetylenes is 2. The SMILES string of the molecule is C#Cc1ccc(C2(c3ccc(C#C)cc3)c3ccccc3-c3ccccc32)cc1. The average molecular weight is 366 g/mol. The Labute approximate surface area is 171 Å². The molecule has 4 aromatic carbocycles. The third-order valence-electron chi connectivity index (χ3n) is 5.92. The Morgan fingerprint density at radius 3 is 1.24 bits per heavy atom. The maximum atomic E-state index is 5.61. The molecule has 0 radical (unpaired) electrons. The molecule has 0 spiro atoms. The van der Waals surface area contributed by atoms with Crippen LogP contribution in [-0.2, 0) is 5.41 Å². The summed E-state index contributed by atoms with van der Waals surface area (Å²) in [4.78, 5) is 0. The summed E-state index contributed by atoms with van der Waals surface area (Å²) in [5, 5.41) is 0. The van der Waals surface area contributed by atoms with E-state index in [2.05, 4.69) is 84.6 Å². The molecule has 0 saturated heterocycles. The Morgan fingerprint density at radius 2 is 0.862 bits per heavy atom. The molecule has 0 N–H and O–H groups in total. The molecule has 0 aromatic heterocycles. The van der Waals surface area contributed by atoms with Crippen molar-refractivity contribution in [1.29, 1.82) is 0 Å². The fourth-order valence-corrected chi connectivity index (χ4v) is 4.66. The molecule has 134 valence electrons. The first-order valence-corrected chi connectivity index (χ1v) is 9.62. The van der Waals surface area contributed by atoms with Crippen LogP contribution in [0.4, 0.5) is 0 Å². The molecule has 0 saturated carbocycles. The molecule has 1 aliphatic carbocycles. The lowest BCUT2D eigenvalue weighted by Gasteiger charge is -2.34. The lowest BCUT2D eigenvalue weighted by atomic mass is 9.67. The monoisotopic (exact) mass is 366 g/mol. The predicted molar refractivity (Wildman–Crippen MR) is 120 cm³/mol. The maximum Gasteiger partial charge on any atom is 0.0713 e. The Hall–Kier alpha value is -4.00. The van der Waals surface area contributed by atoms with Gasteiger partial charge in [0.15, 0.2) is 0 Å². The van der Waals surface area contributed by atoms with Gasteiger partial charge in [-0.2, -0.15) is 0 Å². The molecule has 0 bridgehead atoms. The van der Waals surface area contributed by atoms with Gasteiger partial charge in [-0.1, -0.05) is 84.6 Å². The number of hydrogen-bond donors (Lipinski definition) is 0. The molecule has 0 amide bonds. The second kappa shape index (κ2) is 6.56. The lowest BCUT2D eigenvalue weighted by Crippen LogP contribution is -2.28. The zero-order chi connectivity index (χ0) is 19.8. The van der Waals surface area contributed by atoms with Gasteiger partial charge in [-0.15, -0.1) is 12.8 Å². The minimum Gasteiger partial charge on any atom is -0.115 e. The molecule has 1 aliphatic rings. The van der Waals surface area contributed by atoms with Crippen molar-refractivity contribution in [3.05, 3.63) is 130 Å². The Balaban J connectivity index is 1.91. The third kappa shape index (κ3) is 2.37. The zero-order valence-electron chi connectivity index (χ0n) is 15.9. The summed E-state index contributed by atoms with van der Waals surface area (Å²) in [5.74, 6) is 5.46. The Bertz CT molecular complexity index is 1180. The van der Waals surface area contributed by atoms with Gasteiger partial charge in [-0.3, -0.25) is 0 Å². The van der Waals surface area contributed by atoms with Crippen molar-refractivity contribution < 1.29 is 0 Å². The van der Waals surface area contributed by atoms with Crippen LogP contribution in [0.2, 0.25) is 0 Å². The van der Waals surface area contributed by atoms with E-state index in [1.807, 2.05) is 24.3 Å². The molecule has 0 atom stereocenters. The van der Waals surface area contributed by atoms with Gasteiger partial charge in [0.25, 0.3) is 0 Å². The van der Waals surface area contributed by atoms with Crippen molar-refractivity contribution in [3.63, 3.8) is 0 Å². The molecule has 0 heteroatoms. The van der Waals surface area contributed by atoms with Gasteiger partial charge in [0.2, 0.25) is 0 Å². The van der Waals surface area contributed by atoms with Crippen LogP contribution in [0.5, 0.6) is 0 Å². The van der Waals surface area contributed by atoms with E-state index < -0.39 is 5.41 Å². The summed E-state index contributed by atoms with van der Waals surface area (Å²) in [6, 6.07) is 34.1. The summed E-state index contributed by atoms with van der Waals surface area (Å²) in [6.45, 7) is 0. The van der Waals surface area contributed by atoms with Crippen molar-refractivity contribution >= 4 is 0 Å². The highest BCUT2D eigenvalue weighted by Crippen LogP contribution is 2.55. The van der Waals surface area contributed by atoms with Crippen molar-refractivity contribution in [3.8, 4) is 35.8 Å². The highest BCUT2D eigenvalue weighted by molar-refractivity contribution is 5.86. The Morgan fingerprint density at radius 1 is 0.483 bits per heavy atom. The van der Waals surface area contributed by atoms with E-state index in [9.17, 15) is 0 Å². The zero-order valence-corrected chi connectivity index (χ0v) is 15.9. The molecule has 0 nitrogen and oxygen atoms in total. The smallest absolute Gasteiger partial charge is 0.0713 e. The van der Waals surface area contributed by atoms with Gasteiger partial charge in [0, 0.05) is 11.1 Å². The first-order chi connectivity index (χ1) is 14.3. The highest BCUT2D eigenvalue weighted by Gasteiger charge is 2.45. The standard InChI is InChI=1S/C29H18/c1-3-21-13-17-23(18-14-21)29(24-19-15-22(4-2)16-20-24)27-11-7-5-9-25(27)26-10-6-8-12-28(26)29/h1-2,5-20H. The minimum absolute atomic E-state index is 0.409. The number of benzene rings is 4. The summed E-state index contributed by atoms with van der Waals surface area (Å²) in [5.41, 5.74) is 8.84. The van der Waals surface area contributed by atoms with E-state index in [0.29, 0.717) is 0 Å². The molecule has 0 unspecified atom stereocenters. The topological polar surface area (TPSA) is 0 Å². The largest absolute Gasteiger partial charge is 0.115 e. The van der Waals surface area contributed by atoms with E-state index in [1.165, 1.54) is 33.4 Å². The quantitative estimate of drug-likeness (QED) is 0.336. The van der Waals surface area contributed by atoms with Crippen molar-refractivity contribution in [2.24, 2.45) is 0 Å². The summed E-state index contributed by atoms with van der Waals surface area (Å²) < 4.78 is 0. The second-order valence-corrected chi connectivity index (χ2v) is 7.28. The normalized spacial score (nSPS) is 13.0. The minimum atomic E-state index is -0.409. The van der Waals surface area contributed by atoms with Crippen LogP contribution in [-0.4, -0.2) is 0 Å². The maximum absolute atomic E-state index is 5.61. The van der Waals surface area contributed by atoms with E-state index in [4.69, 9.17) is 12.8 Å². The van der Waals surface area contributed by atoms with Crippen LogP contribution in [0.3, 0.4) is 0 Å². The molecule has 5 rings (SSSR count). The first kappa shape index (κ1) is 17.1. The van der Waals surface area contributed by atoms with Crippen molar-refractivity contribution in [2.45, 2.75) is 5.41 Å². The van der Waals surface area contributed by atoms with Crippen LogP contribution in [0.15, 0.2) is 97.1 Å². The molecule has 0 fully saturated rings. The molecular weight excluding hydrogens is 348 g/mol. The number of fused-ring (bicyclic) bond motifs is 3. The highest BCUT2D eigenvalue weighted by atomic mass is 14.5. The molecule has 29 heavy (non-hydrogen) atoms. The predicted octanol–water partition coefficient (Wildman–Crippen LogP) is 6.01. The second-order valence-electron chi connectivity index (χ2n) is 7.28. The van der Waals surface area contributed by atoms with Crippen LogP contribution in [0.1, 0.15) is 33.4 Å². The van der Waals surface area contributed by atoms with Gasteiger partial charge in [-0.05, 0) is 57.6 Å². The fourth-order valence-electron chi connectivity index (χ4n) is 4.66. The van der Waals surface area contributed by atoms with Crippen LogP contribution in [0.25, 0.3) is 11.1 Å². The average Bonchev–Trinajstić information content (AvgIpc) is 3.11. The van der Waals surface area contributed by atoms with Crippen LogP contribution >= 0.6 is 0 Å². The van der Waals surface area contributed by atoms with E-state index in [-0.39, 0.29) is 0 Å². The lowest BCUT2D eigenvalue weighted by molar-refractivity contribution is 0.768. The fraction of sp³-hybridized carbons (Fsp3) is 0.0345. The van der Waals surface area contributed by atoms with E-state index in [1.54, 1.807) is 0 Å². The first-order valence-electron chi connectivity index (χ1n) is 9.62. The van der Waals surface area contributed by atoms with Gasteiger partial charge in [0.1, 0.15) is 0 Å². The van der Waals surface area contributed by atoms with E-state index in [0.717, 1.165) is 11.1 Å². The number of rotatable bonds is 2. The summed E-state index contributed by atoms with van der Waals surface area (Å²) in [7, 11) is 0. The van der Waals surface area contributed by atoms with Gasteiger partial charge in [-0.25, -0.2) is 0 Å². The molecular formula is C29H18. The van der Waals surface area contributed by atoms with Crippen LogP contribution < -0.4 is 0 Å². The number of hydrogen-bond acceptors (Lipinski definition) is 0. The molecule has 0 aliphatic heterocycles. The van der Waals surface area contributed by atoms with E-state index >= 15 is 0 Å². The van der Waals surface area contributed by atoms with Crippen molar-refractivity contribution in [1.82, 2.24) is 0 Å². The summed E-state index contributed by atoms with van der Waals surface area (Å²) in [6.07, 6.45) is 11.2. The molecule has 0 heterocycles. The summed E-state index contributed by atoms with van der Waals surface area (Å²) >= 11 is 0. The van der Waals surface area contributed by atoms with Gasteiger partial charge >= 0.3 is 0 Å².